The van der Waals surface area contributed by atoms with Crippen LogP contribution in [0.3, 0.4) is 0 Å². The first-order valence-electron chi connectivity index (χ1n) is 7.26. The first-order valence-corrected chi connectivity index (χ1v) is 7.26. The minimum atomic E-state index is -0.488. The minimum absolute atomic E-state index is 0.0295. The Hall–Kier alpha value is -1.66. The molecule has 0 saturated carbocycles. The van der Waals surface area contributed by atoms with Crippen LogP contribution in [0.5, 0.6) is 0 Å². The summed E-state index contributed by atoms with van der Waals surface area (Å²) in [6.45, 7) is 14.0. The van der Waals surface area contributed by atoms with E-state index >= 15 is 0 Å². The Balaban J connectivity index is 3.57. The molecule has 126 valence electrons. The van der Waals surface area contributed by atoms with Crippen molar-refractivity contribution in [2.75, 3.05) is 33.0 Å². The first kappa shape index (κ1) is 20.3. The van der Waals surface area contributed by atoms with Crippen LogP contribution in [-0.2, 0) is 23.8 Å². The van der Waals surface area contributed by atoms with Crippen LogP contribution < -0.4 is 5.32 Å². The zero-order valence-corrected chi connectivity index (χ0v) is 13.8. The minimum Gasteiger partial charge on any atom is -0.461 e. The van der Waals surface area contributed by atoms with Crippen LogP contribution in [0.1, 0.15) is 27.2 Å². The van der Waals surface area contributed by atoms with Crippen LogP contribution in [0, 0.1) is 0 Å². The van der Waals surface area contributed by atoms with Crippen molar-refractivity contribution in [1.82, 2.24) is 5.32 Å². The molecule has 0 aliphatic carbocycles. The van der Waals surface area contributed by atoms with E-state index in [9.17, 15) is 9.59 Å². The van der Waals surface area contributed by atoms with Gasteiger partial charge in [0.05, 0.1) is 13.2 Å². The van der Waals surface area contributed by atoms with Crippen molar-refractivity contribution in [2.45, 2.75) is 33.2 Å². The molecular weight excluding hydrogens is 286 g/mol. The standard InChI is InChI=1S/C16H27NO5/c1-12(2)11-20-7-6-14(5)17-10-15(18)21-8-9-22-16(19)13(3)4/h14,17H,1,3,6-11H2,2,4-5H3. The summed E-state index contributed by atoms with van der Waals surface area (Å²) in [6.07, 6.45) is 0.788. The van der Waals surface area contributed by atoms with Gasteiger partial charge in [-0.2, -0.15) is 0 Å². The van der Waals surface area contributed by atoms with Gasteiger partial charge in [-0.25, -0.2) is 4.79 Å². The summed E-state index contributed by atoms with van der Waals surface area (Å²) >= 11 is 0. The van der Waals surface area contributed by atoms with E-state index in [2.05, 4.69) is 18.5 Å². The third kappa shape index (κ3) is 12.1. The zero-order chi connectivity index (χ0) is 17.0. The number of carbonyl (C=O) groups excluding carboxylic acids is 2. The number of hydrogen-bond donors (Lipinski definition) is 1. The van der Waals surface area contributed by atoms with Crippen LogP contribution in [0.25, 0.3) is 0 Å². The summed E-state index contributed by atoms with van der Waals surface area (Å²) < 4.78 is 15.1. The number of esters is 2. The molecule has 0 amide bonds. The monoisotopic (exact) mass is 313 g/mol. The fourth-order valence-electron chi connectivity index (χ4n) is 1.33. The van der Waals surface area contributed by atoms with Gasteiger partial charge in [-0.1, -0.05) is 18.7 Å². The van der Waals surface area contributed by atoms with Crippen molar-refractivity contribution in [1.29, 1.82) is 0 Å². The number of hydrogen-bond acceptors (Lipinski definition) is 6. The van der Waals surface area contributed by atoms with Gasteiger partial charge in [0.15, 0.2) is 0 Å². The van der Waals surface area contributed by atoms with Crippen molar-refractivity contribution in [3.63, 3.8) is 0 Å². The van der Waals surface area contributed by atoms with Gasteiger partial charge < -0.3 is 19.5 Å². The van der Waals surface area contributed by atoms with E-state index in [1.54, 1.807) is 6.92 Å². The van der Waals surface area contributed by atoms with Gasteiger partial charge >= 0.3 is 11.9 Å². The molecule has 0 aromatic rings. The van der Waals surface area contributed by atoms with Crippen LogP contribution in [0.15, 0.2) is 24.3 Å². The van der Waals surface area contributed by atoms with Crippen molar-refractivity contribution in [2.24, 2.45) is 0 Å². The lowest BCUT2D eigenvalue weighted by Crippen LogP contribution is -2.33. The Morgan fingerprint density at radius 1 is 1.09 bits per heavy atom. The second-order valence-corrected chi connectivity index (χ2v) is 5.22. The highest BCUT2D eigenvalue weighted by molar-refractivity contribution is 5.86. The molecule has 0 heterocycles. The molecule has 0 spiro atoms. The van der Waals surface area contributed by atoms with E-state index in [4.69, 9.17) is 14.2 Å². The Kier molecular flexibility index (Phi) is 11.0. The highest BCUT2D eigenvalue weighted by atomic mass is 16.6. The maximum atomic E-state index is 11.5. The summed E-state index contributed by atoms with van der Waals surface area (Å²) in [4.78, 5) is 22.5. The molecule has 0 aliphatic rings. The highest BCUT2D eigenvalue weighted by Gasteiger charge is 2.08. The molecule has 0 bridgehead atoms. The smallest absolute Gasteiger partial charge is 0.333 e. The summed E-state index contributed by atoms with van der Waals surface area (Å²) in [5, 5.41) is 3.04. The van der Waals surface area contributed by atoms with Crippen LogP contribution in [0.4, 0.5) is 0 Å². The van der Waals surface area contributed by atoms with Gasteiger partial charge in [-0.3, -0.25) is 4.79 Å². The zero-order valence-electron chi connectivity index (χ0n) is 13.8. The van der Waals surface area contributed by atoms with Gasteiger partial charge in [0, 0.05) is 18.2 Å². The van der Waals surface area contributed by atoms with E-state index in [1.807, 2.05) is 13.8 Å². The second kappa shape index (κ2) is 11.9. The average molecular weight is 313 g/mol. The normalized spacial score (nSPS) is 11.6. The number of nitrogens with one attached hydrogen (secondary N) is 1. The molecule has 6 heteroatoms. The molecule has 0 rings (SSSR count). The number of rotatable bonds is 12. The quantitative estimate of drug-likeness (QED) is 0.255. The van der Waals surface area contributed by atoms with Gasteiger partial charge in [0.25, 0.3) is 0 Å². The van der Waals surface area contributed by atoms with Crippen LogP contribution >= 0.6 is 0 Å². The van der Waals surface area contributed by atoms with Crippen molar-refractivity contribution in [3.8, 4) is 0 Å². The largest absolute Gasteiger partial charge is 0.461 e. The molecular formula is C16H27NO5. The molecule has 1 atom stereocenters. The van der Waals surface area contributed by atoms with Gasteiger partial charge in [-0.15, -0.1) is 0 Å². The Labute approximate surface area is 132 Å². The van der Waals surface area contributed by atoms with Gasteiger partial charge in [0.2, 0.25) is 0 Å². The summed E-state index contributed by atoms with van der Waals surface area (Å²) in [6, 6.07) is 0.138. The SMILES string of the molecule is C=C(C)COCCC(C)NCC(=O)OCCOC(=O)C(=C)C. The maximum absolute atomic E-state index is 11.5. The highest BCUT2D eigenvalue weighted by Crippen LogP contribution is 1.95. The van der Waals surface area contributed by atoms with Crippen molar-refractivity contribution >= 4 is 11.9 Å². The van der Waals surface area contributed by atoms with E-state index in [0.29, 0.717) is 18.8 Å². The fourth-order valence-corrected chi connectivity index (χ4v) is 1.33. The maximum Gasteiger partial charge on any atom is 0.333 e. The molecule has 22 heavy (non-hydrogen) atoms. The molecule has 0 saturated heterocycles. The summed E-state index contributed by atoms with van der Waals surface area (Å²) in [7, 11) is 0. The lowest BCUT2D eigenvalue weighted by Gasteiger charge is -2.13. The lowest BCUT2D eigenvalue weighted by molar-refractivity contribution is -0.149. The fraction of sp³-hybridized carbons (Fsp3) is 0.625. The Morgan fingerprint density at radius 2 is 1.73 bits per heavy atom. The van der Waals surface area contributed by atoms with Crippen LogP contribution in [0.2, 0.25) is 0 Å². The summed E-state index contributed by atoms with van der Waals surface area (Å²) in [5.41, 5.74) is 1.30. The lowest BCUT2D eigenvalue weighted by atomic mass is 10.2. The van der Waals surface area contributed by atoms with Gasteiger partial charge in [0.1, 0.15) is 13.2 Å². The number of ether oxygens (including phenoxy) is 3. The molecule has 0 fully saturated rings. The number of carbonyl (C=O) groups is 2. The topological polar surface area (TPSA) is 73.9 Å². The molecule has 1 unspecified atom stereocenters. The van der Waals surface area contributed by atoms with E-state index in [0.717, 1.165) is 12.0 Å². The average Bonchev–Trinajstić information content (AvgIpc) is 2.45. The predicted molar refractivity (Wildman–Crippen MR) is 84.4 cm³/mol. The van der Waals surface area contributed by atoms with E-state index in [-0.39, 0.29) is 31.8 Å². The predicted octanol–water partition coefficient (Wildman–Crippen LogP) is 1.61. The third-order valence-electron chi connectivity index (χ3n) is 2.57. The molecule has 0 aliphatic heterocycles. The third-order valence-corrected chi connectivity index (χ3v) is 2.57. The van der Waals surface area contributed by atoms with Crippen LogP contribution in [-0.4, -0.2) is 51.0 Å². The van der Waals surface area contributed by atoms with Gasteiger partial charge in [-0.05, 0) is 27.2 Å². The summed E-state index contributed by atoms with van der Waals surface area (Å²) in [5.74, 6) is -0.876. The molecule has 6 nitrogen and oxygen atoms in total. The molecule has 0 aromatic heterocycles. The second-order valence-electron chi connectivity index (χ2n) is 5.22. The molecule has 1 N–H and O–H groups in total. The first-order chi connectivity index (χ1) is 10.3. The van der Waals surface area contributed by atoms with Crippen molar-refractivity contribution in [3.05, 3.63) is 24.3 Å². The molecule has 0 radical (unpaired) electrons. The molecule has 0 aromatic carbocycles. The Bertz CT molecular complexity index is 392. The van der Waals surface area contributed by atoms with Crippen molar-refractivity contribution < 1.29 is 23.8 Å². The Morgan fingerprint density at radius 3 is 2.32 bits per heavy atom. The van der Waals surface area contributed by atoms with E-state index in [1.165, 1.54) is 0 Å². The van der Waals surface area contributed by atoms with E-state index < -0.39 is 5.97 Å².